The summed E-state index contributed by atoms with van der Waals surface area (Å²) >= 11 is 3.43. The highest BCUT2D eigenvalue weighted by Crippen LogP contribution is 2.28. The first-order valence-electron chi connectivity index (χ1n) is 6.05. The molecule has 2 amide bonds. The van der Waals surface area contributed by atoms with Crippen LogP contribution in [-0.2, 0) is 6.54 Å². The highest BCUT2D eigenvalue weighted by atomic mass is 79.9. The number of hydrogen-bond donors (Lipinski definition) is 1. The number of primary amides is 1. The van der Waals surface area contributed by atoms with Gasteiger partial charge in [0.05, 0.1) is 12.2 Å². The standard InChI is InChI=1S/C15H14BrFN2O/c1-10-2-7-14(13(16)8-10)19(15(18)20)9-11-3-5-12(17)6-4-11/h2-8H,9H2,1H3,(H2,18,20). The lowest BCUT2D eigenvalue weighted by atomic mass is 10.1. The van der Waals surface area contributed by atoms with Crippen LogP contribution in [-0.4, -0.2) is 6.03 Å². The van der Waals surface area contributed by atoms with Crippen LogP contribution >= 0.6 is 15.9 Å². The lowest BCUT2D eigenvalue weighted by Gasteiger charge is -2.22. The van der Waals surface area contributed by atoms with Crippen molar-refractivity contribution in [3.05, 3.63) is 63.9 Å². The van der Waals surface area contributed by atoms with Gasteiger partial charge in [0.15, 0.2) is 0 Å². The van der Waals surface area contributed by atoms with Crippen molar-refractivity contribution in [1.29, 1.82) is 0 Å². The van der Waals surface area contributed by atoms with Crippen LogP contribution in [0.15, 0.2) is 46.9 Å². The van der Waals surface area contributed by atoms with Crippen LogP contribution in [0.25, 0.3) is 0 Å². The molecule has 0 atom stereocenters. The average molecular weight is 337 g/mol. The Balaban J connectivity index is 2.31. The monoisotopic (exact) mass is 336 g/mol. The Morgan fingerprint density at radius 2 is 1.90 bits per heavy atom. The molecule has 2 aromatic rings. The number of aryl methyl sites for hydroxylation is 1. The Hall–Kier alpha value is -1.88. The number of halogens is 2. The number of anilines is 1. The molecule has 0 spiro atoms. The summed E-state index contributed by atoms with van der Waals surface area (Å²) in [5.74, 6) is -0.309. The Morgan fingerprint density at radius 1 is 1.25 bits per heavy atom. The van der Waals surface area contributed by atoms with Crippen LogP contribution in [0.3, 0.4) is 0 Å². The second-order valence-corrected chi connectivity index (χ2v) is 5.36. The normalized spacial score (nSPS) is 10.3. The van der Waals surface area contributed by atoms with Gasteiger partial charge in [0.1, 0.15) is 5.82 Å². The topological polar surface area (TPSA) is 46.3 Å². The first-order chi connectivity index (χ1) is 9.47. The molecule has 3 nitrogen and oxygen atoms in total. The van der Waals surface area contributed by atoms with Crippen molar-refractivity contribution >= 4 is 27.6 Å². The number of carbonyl (C=O) groups excluding carboxylic acids is 1. The number of benzene rings is 2. The highest BCUT2D eigenvalue weighted by molar-refractivity contribution is 9.10. The van der Waals surface area contributed by atoms with Gasteiger partial charge in [0.25, 0.3) is 0 Å². The molecule has 5 heteroatoms. The minimum absolute atomic E-state index is 0.289. The summed E-state index contributed by atoms with van der Waals surface area (Å²) in [7, 11) is 0. The van der Waals surface area contributed by atoms with Gasteiger partial charge >= 0.3 is 6.03 Å². The molecule has 2 N–H and O–H groups in total. The molecular formula is C15H14BrFN2O. The van der Waals surface area contributed by atoms with Crippen molar-refractivity contribution < 1.29 is 9.18 Å². The molecule has 0 saturated heterocycles. The number of nitrogens with two attached hydrogens (primary N) is 1. The number of amides is 2. The van der Waals surface area contributed by atoms with E-state index in [0.717, 1.165) is 15.6 Å². The Labute approximate surface area is 125 Å². The van der Waals surface area contributed by atoms with Crippen LogP contribution in [0.1, 0.15) is 11.1 Å². The quantitative estimate of drug-likeness (QED) is 0.905. The predicted octanol–water partition coefficient (Wildman–Crippen LogP) is 3.98. The number of urea groups is 1. The predicted molar refractivity (Wildman–Crippen MR) is 81.0 cm³/mol. The number of hydrogen-bond acceptors (Lipinski definition) is 1. The molecule has 104 valence electrons. The van der Waals surface area contributed by atoms with Gasteiger partial charge in [-0.25, -0.2) is 9.18 Å². The zero-order valence-corrected chi connectivity index (χ0v) is 12.5. The Kier molecular flexibility index (Phi) is 4.39. The van der Waals surface area contributed by atoms with E-state index in [1.54, 1.807) is 12.1 Å². The van der Waals surface area contributed by atoms with Gasteiger partial charge < -0.3 is 5.73 Å². The van der Waals surface area contributed by atoms with Crippen molar-refractivity contribution in [2.75, 3.05) is 4.90 Å². The van der Waals surface area contributed by atoms with Crippen molar-refractivity contribution in [2.45, 2.75) is 13.5 Å². The minimum Gasteiger partial charge on any atom is -0.351 e. The van der Waals surface area contributed by atoms with Crippen molar-refractivity contribution in [2.24, 2.45) is 5.73 Å². The van der Waals surface area contributed by atoms with E-state index >= 15 is 0 Å². The van der Waals surface area contributed by atoms with Crippen molar-refractivity contribution in [3.63, 3.8) is 0 Å². The van der Waals surface area contributed by atoms with E-state index in [1.807, 2.05) is 25.1 Å². The molecule has 0 bridgehead atoms. The van der Waals surface area contributed by atoms with Gasteiger partial charge in [-0.05, 0) is 58.2 Å². The van der Waals surface area contributed by atoms with Crippen LogP contribution in [0, 0.1) is 12.7 Å². The van der Waals surface area contributed by atoms with Gasteiger partial charge in [-0.3, -0.25) is 4.90 Å². The van der Waals surface area contributed by atoms with E-state index < -0.39 is 6.03 Å². The average Bonchev–Trinajstić information content (AvgIpc) is 2.39. The second kappa shape index (κ2) is 6.05. The van der Waals surface area contributed by atoms with Crippen LogP contribution < -0.4 is 10.6 Å². The highest BCUT2D eigenvalue weighted by Gasteiger charge is 2.16. The summed E-state index contributed by atoms with van der Waals surface area (Å²) in [5, 5.41) is 0. The maximum atomic E-state index is 12.9. The van der Waals surface area contributed by atoms with E-state index in [4.69, 9.17) is 5.73 Å². The van der Waals surface area contributed by atoms with E-state index in [1.165, 1.54) is 17.0 Å². The molecule has 0 saturated carbocycles. The maximum Gasteiger partial charge on any atom is 0.319 e. The molecule has 0 aliphatic heterocycles. The molecule has 0 fully saturated rings. The van der Waals surface area contributed by atoms with Crippen LogP contribution in [0.5, 0.6) is 0 Å². The number of nitrogens with zero attached hydrogens (tertiary/aromatic N) is 1. The molecule has 2 aromatic carbocycles. The first kappa shape index (κ1) is 14.5. The fraction of sp³-hybridized carbons (Fsp3) is 0.133. The van der Waals surface area contributed by atoms with Gasteiger partial charge in [-0.15, -0.1) is 0 Å². The fourth-order valence-corrected chi connectivity index (χ4v) is 2.59. The molecule has 0 aliphatic rings. The van der Waals surface area contributed by atoms with Gasteiger partial charge in [-0.2, -0.15) is 0 Å². The van der Waals surface area contributed by atoms with Crippen LogP contribution in [0.4, 0.5) is 14.9 Å². The summed E-state index contributed by atoms with van der Waals surface area (Å²) in [6.45, 7) is 2.25. The van der Waals surface area contributed by atoms with Crippen LogP contribution in [0.2, 0.25) is 0 Å². The third-order valence-corrected chi connectivity index (χ3v) is 3.55. The van der Waals surface area contributed by atoms with E-state index in [-0.39, 0.29) is 12.4 Å². The Morgan fingerprint density at radius 3 is 2.45 bits per heavy atom. The number of carbonyl (C=O) groups is 1. The van der Waals surface area contributed by atoms with E-state index in [9.17, 15) is 9.18 Å². The van der Waals surface area contributed by atoms with Gasteiger partial charge in [-0.1, -0.05) is 18.2 Å². The SMILES string of the molecule is Cc1ccc(N(Cc2ccc(F)cc2)C(N)=O)c(Br)c1. The van der Waals surface area contributed by atoms with Crippen molar-refractivity contribution in [3.8, 4) is 0 Å². The zero-order valence-electron chi connectivity index (χ0n) is 10.9. The fourth-order valence-electron chi connectivity index (χ4n) is 1.89. The maximum absolute atomic E-state index is 12.9. The molecule has 0 aromatic heterocycles. The summed E-state index contributed by atoms with van der Waals surface area (Å²) in [4.78, 5) is 13.1. The zero-order chi connectivity index (χ0) is 14.7. The Bertz CT molecular complexity index is 628. The third-order valence-electron chi connectivity index (χ3n) is 2.91. The molecule has 2 rings (SSSR count). The lowest BCUT2D eigenvalue weighted by Crippen LogP contribution is -2.35. The number of rotatable bonds is 3. The molecule has 0 unspecified atom stereocenters. The summed E-state index contributed by atoms with van der Waals surface area (Å²) < 4.78 is 13.7. The lowest BCUT2D eigenvalue weighted by molar-refractivity contribution is 0.253. The molecule has 20 heavy (non-hydrogen) atoms. The smallest absolute Gasteiger partial charge is 0.319 e. The van der Waals surface area contributed by atoms with E-state index in [0.29, 0.717) is 5.69 Å². The minimum atomic E-state index is -0.557. The third kappa shape index (κ3) is 3.36. The molecule has 0 aliphatic carbocycles. The summed E-state index contributed by atoms with van der Waals surface area (Å²) in [5.41, 5.74) is 8.01. The molecule has 0 heterocycles. The largest absolute Gasteiger partial charge is 0.351 e. The summed E-state index contributed by atoms with van der Waals surface area (Å²) in [6.07, 6.45) is 0. The second-order valence-electron chi connectivity index (χ2n) is 4.51. The molecule has 0 radical (unpaired) electrons. The van der Waals surface area contributed by atoms with Gasteiger partial charge in [0.2, 0.25) is 0 Å². The van der Waals surface area contributed by atoms with Crippen molar-refractivity contribution in [1.82, 2.24) is 0 Å². The molecular weight excluding hydrogens is 323 g/mol. The van der Waals surface area contributed by atoms with E-state index in [2.05, 4.69) is 15.9 Å². The first-order valence-corrected chi connectivity index (χ1v) is 6.84. The van der Waals surface area contributed by atoms with Gasteiger partial charge in [0, 0.05) is 4.47 Å². The summed E-state index contributed by atoms with van der Waals surface area (Å²) in [6, 6.07) is 11.1.